The van der Waals surface area contributed by atoms with Crippen LogP contribution in [-0.4, -0.2) is 30.8 Å². The van der Waals surface area contributed by atoms with E-state index in [0.717, 1.165) is 16.8 Å². The fraction of sp³-hybridized carbons (Fsp3) is 0. The summed E-state index contributed by atoms with van der Waals surface area (Å²) in [7, 11) is 0. The summed E-state index contributed by atoms with van der Waals surface area (Å²) < 4.78 is 1.14. The SMILES string of the molecule is O=C(O)c1ccc([N+](=O)[O-])c(-n2cccn2)n1. The van der Waals surface area contributed by atoms with Gasteiger partial charge in [0, 0.05) is 18.5 Å². The third kappa shape index (κ3) is 1.95. The van der Waals surface area contributed by atoms with Gasteiger partial charge >= 0.3 is 11.7 Å². The number of carboxylic acids is 1. The van der Waals surface area contributed by atoms with Crippen LogP contribution < -0.4 is 0 Å². The van der Waals surface area contributed by atoms with Crippen molar-refractivity contribution in [2.45, 2.75) is 0 Å². The molecule has 2 aromatic rings. The molecule has 8 heteroatoms. The van der Waals surface area contributed by atoms with Crippen LogP contribution in [0.4, 0.5) is 5.69 Å². The molecule has 0 fully saturated rings. The van der Waals surface area contributed by atoms with Gasteiger partial charge in [0.15, 0.2) is 5.69 Å². The molecule has 0 aromatic carbocycles. The van der Waals surface area contributed by atoms with Crippen molar-refractivity contribution in [1.82, 2.24) is 14.8 Å². The highest BCUT2D eigenvalue weighted by Crippen LogP contribution is 2.20. The zero-order chi connectivity index (χ0) is 12.4. The Morgan fingerprint density at radius 3 is 2.76 bits per heavy atom. The smallest absolute Gasteiger partial charge is 0.354 e. The van der Waals surface area contributed by atoms with Gasteiger partial charge in [-0.05, 0) is 12.1 Å². The zero-order valence-corrected chi connectivity index (χ0v) is 8.35. The predicted molar refractivity (Wildman–Crippen MR) is 55.0 cm³/mol. The quantitative estimate of drug-likeness (QED) is 0.623. The molecule has 0 aliphatic rings. The maximum Gasteiger partial charge on any atom is 0.354 e. The monoisotopic (exact) mass is 234 g/mol. The summed E-state index contributed by atoms with van der Waals surface area (Å²) in [4.78, 5) is 24.6. The molecule has 8 nitrogen and oxygen atoms in total. The molecule has 0 saturated heterocycles. The lowest BCUT2D eigenvalue weighted by Gasteiger charge is -2.02. The van der Waals surface area contributed by atoms with Gasteiger partial charge in [0.05, 0.1) is 4.92 Å². The van der Waals surface area contributed by atoms with Crippen molar-refractivity contribution in [3.63, 3.8) is 0 Å². The van der Waals surface area contributed by atoms with Crippen LogP contribution in [0.5, 0.6) is 0 Å². The predicted octanol–water partition coefficient (Wildman–Crippen LogP) is 0.874. The molecule has 86 valence electrons. The fourth-order valence-electron chi connectivity index (χ4n) is 1.27. The van der Waals surface area contributed by atoms with Crippen molar-refractivity contribution in [3.8, 4) is 5.82 Å². The lowest BCUT2D eigenvalue weighted by molar-refractivity contribution is -0.384. The fourth-order valence-corrected chi connectivity index (χ4v) is 1.27. The van der Waals surface area contributed by atoms with Crippen LogP contribution >= 0.6 is 0 Å². The Morgan fingerprint density at radius 1 is 1.47 bits per heavy atom. The van der Waals surface area contributed by atoms with Crippen LogP contribution in [0, 0.1) is 10.1 Å². The second-order valence-corrected chi connectivity index (χ2v) is 3.05. The number of carbonyl (C=O) groups is 1. The average molecular weight is 234 g/mol. The summed E-state index contributed by atoms with van der Waals surface area (Å²) in [6.07, 6.45) is 2.86. The second-order valence-electron chi connectivity index (χ2n) is 3.05. The number of pyridine rings is 1. The van der Waals surface area contributed by atoms with E-state index < -0.39 is 10.9 Å². The third-order valence-electron chi connectivity index (χ3n) is 1.99. The van der Waals surface area contributed by atoms with Crippen LogP contribution in [0.3, 0.4) is 0 Å². The summed E-state index contributed by atoms with van der Waals surface area (Å²) >= 11 is 0. The van der Waals surface area contributed by atoms with Crippen molar-refractivity contribution in [2.24, 2.45) is 0 Å². The molecule has 0 atom stereocenters. The van der Waals surface area contributed by atoms with Crippen LogP contribution in [0.2, 0.25) is 0 Å². The van der Waals surface area contributed by atoms with Crippen LogP contribution in [0.1, 0.15) is 10.5 Å². The lowest BCUT2D eigenvalue weighted by atomic mass is 10.3. The van der Waals surface area contributed by atoms with Crippen molar-refractivity contribution in [3.05, 3.63) is 46.4 Å². The summed E-state index contributed by atoms with van der Waals surface area (Å²) in [5, 5.41) is 23.3. The van der Waals surface area contributed by atoms with Gasteiger partial charge in [0.1, 0.15) is 0 Å². The Morgan fingerprint density at radius 2 is 2.24 bits per heavy atom. The van der Waals surface area contributed by atoms with E-state index in [-0.39, 0.29) is 17.2 Å². The number of rotatable bonds is 3. The molecule has 0 spiro atoms. The highest BCUT2D eigenvalue weighted by molar-refractivity contribution is 5.86. The van der Waals surface area contributed by atoms with E-state index in [4.69, 9.17) is 5.11 Å². The number of carboxylic acid groups (broad SMARTS) is 1. The van der Waals surface area contributed by atoms with E-state index in [0.29, 0.717) is 0 Å². The number of hydrogen-bond donors (Lipinski definition) is 1. The minimum atomic E-state index is -1.26. The minimum absolute atomic E-state index is 0.125. The van der Waals surface area contributed by atoms with Gasteiger partial charge in [0.2, 0.25) is 5.82 Å². The number of nitrogens with zero attached hydrogens (tertiary/aromatic N) is 4. The average Bonchev–Trinajstić information content (AvgIpc) is 2.81. The Kier molecular flexibility index (Phi) is 2.53. The number of aromatic nitrogens is 3. The molecule has 1 N–H and O–H groups in total. The van der Waals surface area contributed by atoms with E-state index in [2.05, 4.69) is 10.1 Å². The molecular weight excluding hydrogens is 228 g/mol. The Labute approximate surface area is 94.3 Å². The summed E-state index contributed by atoms with van der Waals surface area (Å²) in [5.74, 6) is -1.38. The van der Waals surface area contributed by atoms with Gasteiger partial charge in [-0.2, -0.15) is 5.10 Å². The van der Waals surface area contributed by atoms with Gasteiger partial charge < -0.3 is 5.11 Å². The molecule has 0 amide bonds. The second kappa shape index (κ2) is 4.00. The van der Waals surface area contributed by atoms with Crippen LogP contribution in [0.15, 0.2) is 30.6 Å². The van der Waals surface area contributed by atoms with Gasteiger partial charge in [-0.15, -0.1) is 0 Å². The summed E-state index contributed by atoms with van der Waals surface area (Å²) in [6, 6.07) is 3.72. The topological polar surface area (TPSA) is 111 Å². The lowest BCUT2D eigenvalue weighted by Crippen LogP contribution is -2.08. The van der Waals surface area contributed by atoms with Gasteiger partial charge in [0.25, 0.3) is 0 Å². The molecule has 0 bridgehead atoms. The summed E-state index contributed by atoms with van der Waals surface area (Å²) in [6.45, 7) is 0. The van der Waals surface area contributed by atoms with E-state index in [1.54, 1.807) is 6.07 Å². The first-order chi connectivity index (χ1) is 8.09. The van der Waals surface area contributed by atoms with E-state index >= 15 is 0 Å². The first-order valence-electron chi connectivity index (χ1n) is 4.48. The van der Waals surface area contributed by atoms with E-state index in [9.17, 15) is 14.9 Å². The number of aromatic carboxylic acids is 1. The first kappa shape index (κ1) is 10.7. The molecule has 2 aromatic heterocycles. The van der Waals surface area contributed by atoms with Crippen molar-refractivity contribution in [1.29, 1.82) is 0 Å². The maximum absolute atomic E-state index is 10.8. The Balaban J connectivity index is 2.64. The zero-order valence-electron chi connectivity index (χ0n) is 8.35. The molecule has 17 heavy (non-hydrogen) atoms. The first-order valence-corrected chi connectivity index (χ1v) is 4.48. The normalized spacial score (nSPS) is 10.1. The molecule has 0 aliphatic carbocycles. The number of nitro groups is 1. The molecule has 0 radical (unpaired) electrons. The third-order valence-corrected chi connectivity index (χ3v) is 1.99. The highest BCUT2D eigenvalue weighted by atomic mass is 16.6. The summed E-state index contributed by atoms with van der Waals surface area (Å²) in [5.41, 5.74) is -0.584. The van der Waals surface area contributed by atoms with Gasteiger partial charge in [-0.25, -0.2) is 14.5 Å². The molecule has 2 heterocycles. The Bertz CT molecular complexity index is 579. The minimum Gasteiger partial charge on any atom is -0.477 e. The molecular formula is C9H6N4O4. The molecule has 0 saturated carbocycles. The van der Waals surface area contributed by atoms with E-state index in [1.807, 2.05) is 0 Å². The van der Waals surface area contributed by atoms with Gasteiger partial charge in [-0.1, -0.05) is 0 Å². The standard InChI is InChI=1S/C9H6N4O4/c14-9(15)6-2-3-7(13(16)17)8(11-6)12-5-1-4-10-12/h1-5H,(H,14,15). The van der Waals surface area contributed by atoms with Crippen molar-refractivity contribution in [2.75, 3.05) is 0 Å². The Hall–Kier alpha value is -2.77. The number of hydrogen-bond acceptors (Lipinski definition) is 5. The van der Waals surface area contributed by atoms with Crippen LogP contribution in [-0.2, 0) is 0 Å². The molecule has 2 rings (SSSR count). The molecule has 0 unspecified atom stereocenters. The van der Waals surface area contributed by atoms with E-state index in [1.165, 1.54) is 12.4 Å². The largest absolute Gasteiger partial charge is 0.477 e. The van der Waals surface area contributed by atoms with Crippen molar-refractivity contribution < 1.29 is 14.8 Å². The highest BCUT2D eigenvalue weighted by Gasteiger charge is 2.19. The van der Waals surface area contributed by atoms with Gasteiger partial charge in [-0.3, -0.25) is 10.1 Å². The molecule has 0 aliphatic heterocycles. The van der Waals surface area contributed by atoms with Crippen LogP contribution in [0.25, 0.3) is 5.82 Å². The van der Waals surface area contributed by atoms with Crippen molar-refractivity contribution >= 4 is 11.7 Å². The maximum atomic E-state index is 10.8.